The maximum Gasteiger partial charge on any atom is 0.222 e. The van der Waals surface area contributed by atoms with Crippen LogP contribution in [0.15, 0.2) is 41.9 Å². The zero-order valence-electron chi connectivity index (χ0n) is 13.2. The van der Waals surface area contributed by atoms with Crippen LogP contribution in [-0.2, 0) is 4.79 Å². The highest BCUT2D eigenvalue weighted by molar-refractivity contribution is 7.09. The number of thiazole rings is 1. The van der Waals surface area contributed by atoms with Gasteiger partial charge in [0.2, 0.25) is 5.91 Å². The van der Waals surface area contributed by atoms with Crippen LogP contribution in [0.3, 0.4) is 0 Å². The summed E-state index contributed by atoms with van der Waals surface area (Å²) in [4.78, 5) is 18.7. The third-order valence-electron chi connectivity index (χ3n) is 4.20. The third-order valence-corrected chi connectivity index (χ3v) is 5.13. The minimum absolute atomic E-state index is 0.249. The topological polar surface area (TPSA) is 42.4 Å². The zero-order chi connectivity index (χ0) is 15.9. The van der Waals surface area contributed by atoms with Crippen LogP contribution in [0.5, 0.6) is 5.75 Å². The SMILES string of the molecule is O=C(CCCOc1ccccc1)N1CCC(c2nccs2)CC1. The van der Waals surface area contributed by atoms with Gasteiger partial charge >= 0.3 is 0 Å². The minimum atomic E-state index is 0.249. The minimum Gasteiger partial charge on any atom is -0.494 e. The van der Waals surface area contributed by atoms with Gasteiger partial charge in [-0.2, -0.15) is 0 Å². The van der Waals surface area contributed by atoms with E-state index < -0.39 is 0 Å². The fraction of sp³-hybridized carbons (Fsp3) is 0.444. The Morgan fingerprint density at radius 2 is 2.04 bits per heavy atom. The summed E-state index contributed by atoms with van der Waals surface area (Å²) in [7, 11) is 0. The molecule has 0 spiro atoms. The molecule has 1 saturated heterocycles. The summed E-state index contributed by atoms with van der Waals surface area (Å²) in [6.07, 6.45) is 5.25. The maximum atomic E-state index is 12.3. The number of nitrogens with zero attached hydrogens (tertiary/aromatic N) is 2. The molecule has 2 aromatic rings. The second kappa shape index (κ2) is 8.11. The predicted molar refractivity (Wildman–Crippen MR) is 91.8 cm³/mol. The van der Waals surface area contributed by atoms with Gasteiger partial charge in [-0.1, -0.05) is 18.2 Å². The Labute approximate surface area is 141 Å². The van der Waals surface area contributed by atoms with Crippen molar-refractivity contribution in [3.8, 4) is 5.75 Å². The number of benzene rings is 1. The van der Waals surface area contributed by atoms with E-state index in [0.717, 1.165) is 38.1 Å². The molecule has 0 atom stereocenters. The van der Waals surface area contributed by atoms with E-state index in [1.807, 2.05) is 46.8 Å². The molecule has 0 N–H and O–H groups in total. The normalized spacial score (nSPS) is 15.6. The Kier molecular flexibility index (Phi) is 5.64. The lowest BCUT2D eigenvalue weighted by atomic mass is 9.97. The summed E-state index contributed by atoms with van der Waals surface area (Å²) in [5.41, 5.74) is 0. The zero-order valence-corrected chi connectivity index (χ0v) is 14.0. The Hall–Kier alpha value is -1.88. The lowest BCUT2D eigenvalue weighted by Gasteiger charge is -2.31. The van der Waals surface area contributed by atoms with Crippen molar-refractivity contribution in [1.82, 2.24) is 9.88 Å². The second-order valence-corrected chi connectivity index (χ2v) is 6.72. The Balaban J connectivity index is 1.35. The number of ether oxygens (including phenoxy) is 1. The monoisotopic (exact) mass is 330 g/mol. The van der Waals surface area contributed by atoms with E-state index in [-0.39, 0.29) is 5.91 Å². The largest absolute Gasteiger partial charge is 0.494 e. The van der Waals surface area contributed by atoms with Crippen molar-refractivity contribution in [3.63, 3.8) is 0 Å². The van der Waals surface area contributed by atoms with Crippen LogP contribution in [0.25, 0.3) is 0 Å². The summed E-state index contributed by atoms with van der Waals surface area (Å²) < 4.78 is 5.63. The van der Waals surface area contributed by atoms with Gasteiger partial charge in [0, 0.05) is 37.0 Å². The smallest absolute Gasteiger partial charge is 0.222 e. The number of carbonyl (C=O) groups excluding carboxylic acids is 1. The molecular formula is C18H22N2O2S. The van der Waals surface area contributed by atoms with Crippen molar-refractivity contribution in [2.24, 2.45) is 0 Å². The van der Waals surface area contributed by atoms with E-state index in [0.29, 0.717) is 18.9 Å². The summed E-state index contributed by atoms with van der Waals surface area (Å²) in [6, 6.07) is 9.74. The molecule has 122 valence electrons. The fourth-order valence-electron chi connectivity index (χ4n) is 2.90. The van der Waals surface area contributed by atoms with Crippen molar-refractivity contribution >= 4 is 17.2 Å². The highest BCUT2D eigenvalue weighted by Gasteiger charge is 2.24. The Bertz CT molecular complexity index is 593. The van der Waals surface area contributed by atoms with Gasteiger partial charge in [-0.25, -0.2) is 4.98 Å². The number of hydrogen-bond donors (Lipinski definition) is 0. The first-order valence-electron chi connectivity index (χ1n) is 8.18. The molecule has 1 fully saturated rings. The maximum absolute atomic E-state index is 12.3. The lowest BCUT2D eigenvalue weighted by Crippen LogP contribution is -2.37. The summed E-state index contributed by atoms with van der Waals surface area (Å²) >= 11 is 1.72. The van der Waals surface area contributed by atoms with Crippen molar-refractivity contribution < 1.29 is 9.53 Å². The molecule has 1 aliphatic heterocycles. The quantitative estimate of drug-likeness (QED) is 0.758. The van der Waals surface area contributed by atoms with E-state index in [4.69, 9.17) is 4.74 Å². The molecule has 1 aliphatic rings. The van der Waals surface area contributed by atoms with Gasteiger partial charge in [0.1, 0.15) is 5.75 Å². The van der Waals surface area contributed by atoms with Crippen LogP contribution < -0.4 is 4.74 Å². The van der Waals surface area contributed by atoms with E-state index in [9.17, 15) is 4.79 Å². The fourth-order valence-corrected chi connectivity index (χ4v) is 3.71. The summed E-state index contributed by atoms with van der Waals surface area (Å²) in [6.45, 7) is 2.29. The molecule has 0 unspecified atom stereocenters. The van der Waals surface area contributed by atoms with Gasteiger partial charge < -0.3 is 9.64 Å². The van der Waals surface area contributed by atoms with Gasteiger partial charge in [-0.05, 0) is 31.4 Å². The highest BCUT2D eigenvalue weighted by atomic mass is 32.1. The van der Waals surface area contributed by atoms with Crippen LogP contribution >= 0.6 is 11.3 Å². The van der Waals surface area contributed by atoms with Crippen molar-refractivity contribution in [2.75, 3.05) is 19.7 Å². The third kappa shape index (κ3) is 4.55. The number of likely N-dealkylation sites (tertiary alicyclic amines) is 1. The molecule has 4 nitrogen and oxygen atoms in total. The number of piperidine rings is 1. The molecule has 1 aromatic carbocycles. The molecule has 0 saturated carbocycles. The predicted octanol–water partition coefficient (Wildman–Crippen LogP) is 3.71. The number of amides is 1. The van der Waals surface area contributed by atoms with Crippen molar-refractivity contribution in [1.29, 1.82) is 0 Å². The van der Waals surface area contributed by atoms with E-state index >= 15 is 0 Å². The summed E-state index contributed by atoms with van der Waals surface area (Å²) in [5.74, 6) is 1.64. The highest BCUT2D eigenvalue weighted by Crippen LogP contribution is 2.29. The molecule has 1 amide bonds. The molecule has 0 radical (unpaired) electrons. The molecule has 0 aliphatic carbocycles. The first kappa shape index (κ1) is 16.0. The van der Waals surface area contributed by atoms with Gasteiger partial charge in [0.25, 0.3) is 0 Å². The van der Waals surface area contributed by atoms with E-state index in [1.54, 1.807) is 11.3 Å². The van der Waals surface area contributed by atoms with Gasteiger partial charge in [0.15, 0.2) is 0 Å². The van der Waals surface area contributed by atoms with Crippen molar-refractivity contribution in [3.05, 3.63) is 46.9 Å². The average Bonchev–Trinajstić information content (AvgIpc) is 3.14. The molecule has 1 aromatic heterocycles. The van der Waals surface area contributed by atoms with E-state index in [2.05, 4.69) is 4.98 Å². The molecule has 3 rings (SSSR count). The van der Waals surface area contributed by atoms with Crippen molar-refractivity contribution in [2.45, 2.75) is 31.6 Å². The number of rotatable bonds is 6. The summed E-state index contributed by atoms with van der Waals surface area (Å²) in [5, 5.41) is 3.24. The lowest BCUT2D eigenvalue weighted by molar-refractivity contribution is -0.132. The molecular weight excluding hydrogens is 308 g/mol. The Morgan fingerprint density at radius 1 is 1.26 bits per heavy atom. The molecule has 0 bridgehead atoms. The number of para-hydroxylation sites is 1. The van der Waals surface area contributed by atoms with Gasteiger partial charge in [-0.3, -0.25) is 4.79 Å². The standard InChI is InChI=1S/C18H22N2O2S/c21-17(7-4-13-22-16-5-2-1-3-6-16)20-11-8-15(9-12-20)18-19-10-14-23-18/h1-3,5-6,10,14-15H,4,7-9,11-13H2. The van der Waals surface area contributed by atoms with Gasteiger partial charge in [0.05, 0.1) is 11.6 Å². The number of aromatic nitrogens is 1. The molecule has 23 heavy (non-hydrogen) atoms. The van der Waals surface area contributed by atoms with Crippen LogP contribution in [0.2, 0.25) is 0 Å². The first-order chi connectivity index (χ1) is 11.3. The molecule has 2 heterocycles. The van der Waals surface area contributed by atoms with Crippen LogP contribution in [-0.4, -0.2) is 35.5 Å². The van der Waals surface area contributed by atoms with E-state index in [1.165, 1.54) is 5.01 Å². The molecule has 5 heteroatoms. The number of carbonyl (C=O) groups is 1. The number of hydrogen-bond acceptors (Lipinski definition) is 4. The van der Waals surface area contributed by atoms with Crippen LogP contribution in [0.1, 0.15) is 36.6 Å². The van der Waals surface area contributed by atoms with Gasteiger partial charge in [-0.15, -0.1) is 11.3 Å². The average molecular weight is 330 g/mol. The second-order valence-electron chi connectivity index (χ2n) is 5.79. The van der Waals surface area contributed by atoms with Crippen LogP contribution in [0, 0.1) is 0 Å². The first-order valence-corrected chi connectivity index (χ1v) is 9.06. The Morgan fingerprint density at radius 3 is 2.74 bits per heavy atom. The van der Waals surface area contributed by atoms with Crippen LogP contribution in [0.4, 0.5) is 0 Å².